The summed E-state index contributed by atoms with van der Waals surface area (Å²) in [5.74, 6) is -5.23. The molecular formula is C20H23N3O10. The van der Waals surface area contributed by atoms with Gasteiger partial charge in [0.2, 0.25) is 11.9 Å². The van der Waals surface area contributed by atoms with Crippen molar-refractivity contribution in [1.29, 1.82) is 0 Å². The molecule has 0 radical (unpaired) electrons. The van der Waals surface area contributed by atoms with Crippen molar-refractivity contribution in [2.75, 3.05) is 0 Å². The molecule has 13 nitrogen and oxygen atoms in total. The highest BCUT2D eigenvalue weighted by Crippen LogP contribution is 2.84. The second-order valence-electron chi connectivity index (χ2n) is 11.0. The van der Waals surface area contributed by atoms with E-state index in [1.54, 1.807) is 20.8 Å². The van der Waals surface area contributed by atoms with Gasteiger partial charge in [0.05, 0.1) is 22.8 Å². The van der Waals surface area contributed by atoms with Gasteiger partial charge in [-0.25, -0.2) is 9.59 Å². The number of hydrogen-bond acceptors (Lipinski definition) is 11. The Hall–Kier alpha value is -2.44. The molecule has 0 aromatic heterocycles. The Morgan fingerprint density at radius 2 is 1.73 bits per heavy atom. The number of aliphatic hydroxyl groups excluding tert-OH is 2. The number of nitrogens with zero attached hydrogens (tertiary/aromatic N) is 3. The quantitative estimate of drug-likeness (QED) is 0.141. The van der Waals surface area contributed by atoms with Crippen LogP contribution < -0.4 is 0 Å². The lowest BCUT2D eigenvalue weighted by Crippen LogP contribution is -2.67. The van der Waals surface area contributed by atoms with Crippen molar-refractivity contribution in [2.45, 2.75) is 75.6 Å². The maximum Gasteiger partial charge on any atom is 0.343 e. The molecule has 4 aliphatic heterocycles. The third-order valence-corrected chi connectivity index (χ3v) is 9.13. The Labute approximate surface area is 186 Å². The Kier molecular flexibility index (Phi) is 3.48. The minimum Gasteiger partial charge on any atom is -0.459 e. The molecule has 11 unspecified atom stereocenters. The zero-order valence-corrected chi connectivity index (χ0v) is 18.2. The van der Waals surface area contributed by atoms with Crippen LogP contribution in [0.4, 0.5) is 0 Å². The summed E-state index contributed by atoms with van der Waals surface area (Å²) in [6.45, 7) is 6.66. The molecule has 2 aliphatic carbocycles. The van der Waals surface area contributed by atoms with E-state index in [-0.39, 0.29) is 0 Å². The topological polar surface area (TPSA) is 198 Å². The molecule has 12 atom stereocenters. The van der Waals surface area contributed by atoms with E-state index in [1.807, 2.05) is 0 Å². The molecule has 2 saturated carbocycles. The first-order chi connectivity index (χ1) is 15.3. The number of ether oxygens (including phenoxy) is 4. The predicted molar refractivity (Wildman–Crippen MR) is 100 cm³/mol. The number of hydrogen-bond donors (Lipinski definition) is 3. The predicted octanol–water partition coefficient (Wildman–Crippen LogP) is -1.08. The lowest BCUT2D eigenvalue weighted by Gasteiger charge is -2.47. The number of rotatable bonds is 1. The molecular weight excluding hydrogens is 442 g/mol. The zero-order chi connectivity index (χ0) is 24.1. The van der Waals surface area contributed by atoms with Crippen LogP contribution >= 0.6 is 0 Å². The van der Waals surface area contributed by atoms with E-state index in [4.69, 9.17) is 18.9 Å². The number of carbonyl (C=O) groups excluding carboxylic acids is 3. The van der Waals surface area contributed by atoms with Crippen LogP contribution in [0, 0.1) is 28.1 Å². The van der Waals surface area contributed by atoms with Gasteiger partial charge >= 0.3 is 17.9 Å². The van der Waals surface area contributed by atoms with Crippen molar-refractivity contribution in [1.82, 2.24) is 0 Å². The highest BCUT2D eigenvalue weighted by molar-refractivity contribution is 5.94. The summed E-state index contributed by atoms with van der Waals surface area (Å²) in [6, 6.07) is -1.15. The summed E-state index contributed by atoms with van der Waals surface area (Å²) < 4.78 is 22.5. The minimum atomic E-state index is -2.42. The van der Waals surface area contributed by atoms with Gasteiger partial charge in [0, 0.05) is 4.91 Å². The van der Waals surface area contributed by atoms with Gasteiger partial charge in [-0.15, -0.1) is 0 Å². The van der Waals surface area contributed by atoms with Crippen LogP contribution in [0.15, 0.2) is 5.11 Å². The molecule has 2 spiro atoms. The summed E-state index contributed by atoms with van der Waals surface area (Å²) in [6.07, 6.45) is -8.31. The van der Waals surface area contributed by atoms with Crippen molar-refractivity contribution in [3.05, 3.63) is 10.4 Å². The van der Waals surface area contributed by atoms with Crippen molar-refractivity contribution in [3.63, 3.8) is 0 Å². The summed E-state index contributed by atoms with van der Waals surface area (Å²) >= 11 is 0. The smallest absolute Gasteiger partial charge is 0.343 e. The largest absolute Gasteiger partial charge is 0.459 e. The molecule has 178 valence electrons. The highest BCUT2D eigenvalue weighted by atomic mass is 16.8. The van der Waals surface area contributed by atoms with Gasteiger partial charge in [-0.3, -0.25) is 4.79 Å². The maximum atomic E-state index is 13.6. The fraction of sp³-hybridized carbons (Fsp3) is 0.850. The van der Waals surface area contributed by atoms with E-state index in [1.165, 1.54) is 6.92 Å². The average molecular weight is 465 g/mol. The molecule has 6 rings (SSSR count). The van der Waals surface area contributed by atoms with Crippen LogP contribution in [0.3, 0.4) is 0 Å². The van der Waals surface area contributed by atoms with Gasteiger partial charge in [0.15, 0.2) is 17.8 Å². The molecule has 4 heterocycles. The van der Waals surface area contributed by atoms with Gasteiger partial charge in [0.25, 0.3) is 0 Å². The third-order valence-electron chi connectivity index (χ3n) is 9.13. The Balaban J connectivity index is 1.76. The second kappa shape index (κ2) is 5.44. The second-order valence-corrected chi connectivity index (χ2v) is 11.0. The number of esters is 3. The highest BCUT2D eigenvalue weighted by Gasteiger charge is 3.05. The molecule has 33 heavy (non-hydrogen) atoms. The van der Waals surface area contributed by atoms with E-state index < -0.39 is 93.9 Å². The SMILES string of the molecule is CC1C(=O)OC2C(O)C34C5OC(=O)C3(OC3OC(=O)[C@H](O)C34C(C(C)(C)C)C5N=[N+]=[N-])C12O. The summed E-state index contributed by atoms with van der Waals surface area (Å²) in [5, 5.41) is 39.0. The van der Waals surface area contributed by atoms with Gasteiger partial charge in [-0.05, 0) is 23.8 Å². The molecule has 6 aliphatic rings. The fourth-order valence-corrected chi connectivity index (χ4v) is 8.45. The van der Waals surface area contributed by atoms with Gasteiger partial charge in [-0.1, -0.05) is 25.9 Å². The average Bonchev–Trinajstić information content (AvgIpc) is 3.41. The molecule has 4 saturated heterocycles. The summed E-state index contributed by atoms with van der Waals surface area (Å²) in [7, 11) is 0. The van der Waals surface area contributed by atoms with Crippen molar-refractivity contribution < 1.29 is 48.7 Å². The molecule has 0 amide bonds. The lowest BCUT2D eigenvalue weighted by atomic mass is 9.51. The summed E-state index contributed by atoms with van der Waals surface area (Å²) in [5.41, 5.74) is -0.138. The molecule has 13 heteroatoms. The van der Waals surface area contributed by atoms with Gasteiger partial charge < -0.3 is 34.3 Å². The maximum absolute atomic E-state index is 13.6. The van der Waals surface area contributed by atoms with E-state index in [0.717, 1.165) is 0 Å². The molecule has 0 bridgehead atoms. The van der Waals surface area contributed by atoms with Gasteiger partial charge in [0.1, 0.15) is 12.2 Å². The van der Waals surface area contributed by atoms with Crippen molar-refractivity contribution in [3.8, 4) is 0 Å². The van der Waals surface area contributed by atoms with Crippen LogP contribution in [-0.2, 0) is 33.3 Å². The first kappa shape index (κ1) is 21.1. The van der Waals surface area contributed by atoms with E-state index in [2.05, 4.69) is 10.0 Å². The Morgan fingerprint density at radius 3 is 2.33 bits per heavy atom. The Bertz CT molecular complexity index is 1080. The number of carbonyl (C=O) groups is 3. The molecule has 0 aromatic carbocycles. The normalized spacial score (nSPS) is 57.6. The first-order valence-electron chi connectivity index (χ1n) is 10.7. The van der Waals surface area contributed by atoms with Crippen molar-refractivity contribution >= 4 is 17.9 Å². The first-order valence-corrected chi connectivity index (χ1v) is 10.7. The lowest BCUT2D eigenvalue weighted by molar-refractivity contribution is -0.239. The molecule has 0 aromatic rings. The van der Waals surface area contributed by atoms with Crippen LogP contribution in [0.1, 0.15) is 27.7 Å². The monoisotopic (exact) mass is 465 g/mol. The van der Waals surface area contributed by atoms with Gasteiger partial charge in [-0.2, -0.15) is 0 Å². The van der Waals surface area contributed by atoms with E-state index >= 15 is 0 Å². The number of azide groups is 1. The molecule has 6 fully saturated rings. The van der Waals surface area contributed by atoms with E-state index in [9.17, 15) is 35.2 Å². The zero-order valence-electron chi connectivity index (χ0n) is 18.2. The van der Waals surface area contributed by atoms with Crippen LogP contribution in [0.25, 0.3) is 10.4 Å². The minimum absolute atomic E-state index is 0.806. The van der Waals surface area contributed by atoms with Crippen molar-refractivity contribution in [2.24, 2.45) is 33.2 Å². The van der Waals surface area contributed by atoms with E-state index in [0.29, 0.717) is 0 Å². The van der Waals surface area contributed by atoms with Crippen LogP contribution in [0.2, 0.25) is 0 Å². The number of aliphatic hydroxyl groups is 3. The standard InChI is InChI=1S/C20H23N3O10/c1-5-12(26)30-11-8(24)18-10-6(22-23-21)7(16(2,3)4)17(18)9(25)13(27)32-15(17)33-20(18,14(28)31-10)19(5,11)29/h5-11,15,24-25,29H,1-4H3/t5?,6?,7?,8?,9-,10?,11?,15?,17?,18?,19?,20?/m0/s1. The number of fused-ring (bicyclic) bond motifs is 1. The van der Waals surface area contributed by atoms with Crippen LogP contribution in [0.5, 0.6) is 0 Å². The Morgan fingerprint density at radius 1 is 1.06 bits per heavy atom. The third kappa shape index (κ3) is 1.60. The summed E-state index contributed by atoms with van der Waals surface area (Å²) in [4.78, 5) is 41.6. The fourth-order valence-electron chi connectivity index (χ4n) is 8.45. The molecule has 3 N–H and O–H groups in total. The van der Waals surface area contributed by atoms with Crippen LogP contribution in [-0.4, -0.2) is 81.2 Å².